The molecule has 2 heterocycles. The van der Waals surface area contributed by atoms with E-state index in [0.717, 1.165) is 40.7 Å². The third kappa shape index (κ3) is 4.84. The number of cyclic esters (lactones) is 1. The number of ether oxygens (including phenoxy) is 2. The zero-order valence-corrected chi connectivity index (χ0v) is 20.5. The van der Waals surface area contributed by atoms with Crippen LogP contribution in [0.1, 0.15) is 72.4 Å². The van der Waals surface area contributed by atoms with Crippen molar-refractivity contribution in [3.63, 3.8) is 0 Å². The Hall–Kier alpha value is -3.51. The van der Waals surface area contributed by atoms with Crippen LogP contribution >= 0.6 is 12.2 Å². The van der Waals surface area contributed by atoms with E-state index in [1.807, 2.05) is 36.4 Å². The minimum absolute atomic E-state index is 0.166. The van der Waals surface area contributed by atoms with Crippen LogP contribution in [0.5, 0.6) is 5.75 Å². The molecule has 0 amide bonds. The number of aliphatic hydroxyl groups excluding tert-OH is 1. The third-order valence-corrected chi connectivity index (χ3v) is 6.87. The number of thiocarbonyl (C=S) groups is 1. The molecule has 0 radical (unpaired) electrons. The lowest BCUT2D eigenvalue weighted by Crippen LogP contribution is -2.28. The molecular formula is C29H27NO4S. The quantitative estimate of drug-likeness (QED) is 0.300. The molecule has 5 rings (SSSR count). The van der Waals surface area contributed by atoms with Gasteiger partial charge in [0.15, 0.2) is 11.0 Å². The van der Waals surface area contributed by atoms with Crippen molar-refractivity contribution in [1.82, 2.24) is 4.98 Å². The van der Waals surface area contributed by atoms with Gasteiger partial charge in [0, 0.05) is 23.5 Å². The molecule has 1 unspecified atom stereocenters. The second-order valence-corrected chi connectivity index (χ2v) is 9.78. The van der Waals surface area contributed by atoms with Crippen LogP contribution in [0.3, 0.4) is 0 Å². The van der Waals surface area contributed by atoms with Crippen LogP contribution in [0.15, 0.2) is 72.8 Å². The Balaban J connectivity index is 1.50. The molecule has 0 saturated heterocycles. The zero-order valence-electron chi connectivity index (χ0n) is 19.7. The number of esters is 1. The van der Waals surface area contributed by atoms with E-state index in [2.05, 4.69) is 37.0 Å². The van der Waals surface area contributed by atoms with Crippen LogP contribution < -0.4 is 4.74 Å². The number of aromatic nitrogens is 1. The van der Waals surface area contributed by atoms with Gasteiger partial charge in [0.25, 0.3) is 0 Å². The standard InChI is InChI=1S/C29H27NO4S/c1-17(2)21-9-12-23(19-5-6-19)24(14-21)25-26(31)28(35)29(32)34-27(25)20-7-10-22(11-8-20)33-16-18-4-3-13-30-15-18/h3-4,7-15,17,19,27,31H,5-6,16H2,1-2H3. The summed E-state index contributed by atoms with van der Waals surface area (Å²) in [6.45, 7) is 4.67. The van der Waals surface area contributed by atoms with Gasteiger partial charge in [0.1, 0.15) is 18.1 Å². The lowest BCUT2D eigenvalue weighted by Gasteiger charge is -2.29. The van der Waals surface area contributed by atoms with Crippen molar-refractivity contribution in [2.75, 3.05) is 0 Å². The summed E-state index contributed by atoms with van der Waals surface area (Å²) >= 11 is 5.23. The Kier molecular flexibility index (Phi) is 6.39. The van der Waals surface area contributed by atoms with Crippen LogP contribution in [-0.4, -0.2) is 20.9 Å². The smallest absolute Gasteiger partial charge is 0.353 e. The highest BCUT2D eigenvalue weighted by atomic mass is 32.1. The van der Waals surface area contributed by atoms with Crippen LogP contribution in [0.25, 0.3) is 5.57 Å². The highest BCUT2D eigenvalue weighted by Gasteiger charge is 2.38. The molecule has 0 bridgehead atoms. The summed E-state index contributed by atoms with van der Waals surface area (Å²) < 4.78 is 11.7. The number of carbonyl (C=O) groups excluding carboxylic acids is 1. The maximum Gasteiger partial charge on any atom is 0.353 e. The first-order chi connectivity index (χ1) is 16.9. The molecule has 1 N–H and O–H groups in total. The molecule has 5 nitrogen and oxygen atoms in total. The van der Waals surface area contributed by atoms with Crippen LogP contribution in [0.2, 0.25) is 0 Å². The topological polar surface area (TPSA) is 68.7 Å². The van der Waals surface area contributed by atoms with Gasteiger partial charge in [-0.1, -0.05) is 62.5 Å². The number of aliphatic hydroxyl groups is 1. The van der Waals surface area contributed by atoms with Gasteiger partial charge in [0.05, 0.1) is 0 Å². The monoisotopic (exact) mass is 485 g/mol. The lowest BCUT2D eigenvalue weighted by molar-refractivity contribution is -0.138. The Morgan fingerprint density at radius 2 is 1.91 bits per heavy atom. The predicted molar refractivity (Wildman–Crippen MR) is 138 cm³/mol. The van der Waals surface area contributed by atoms with Gasteiger partial charge in [-0.3, -0.25) is 4.98 Å². The number of nitrogens with zero attached hydrogens (tertiary/aromatic N) is 1. The Labute approximate surface area is 210 Å². The molecule has 1 atom stereocenters. The molecular weight excluding hydrogens is 458 g/mol. The molecule has 178 valence electrons. The first kappa shape index (κ1) is 23.2. The Morgan fingerprint density at radius 1 is 1.14 bits per heavy atom. The van der Waals surface area contributed by atoms with Crippen molar-refractivity contribution in [2.24, 2.45) is 0 Å². The summed E-state index contributed by atoms with van der Waals surface area (Å²) in [4.78, 5) is 16.4. The van der Waals surface area contributed by atoms with E-state index in [9.17, 15) is 9.90 Å². The number of pyridine rings is 1. The summed E-state index contributed by atoms with van der Waals surface area (Å²) in [6.07, 6.45) is 4.95. The van der Waals surface area contributed by atoms with Gasteiger partial charge in [-0.15, -0.1) is 0 Å². The Bertz CT molecular complexity index is 1290. The molecule has 35 heavy (non-hydrogen) atoms. The Morgan fingerprint density at radius 3 is 2.57 bits per heavy atom. The summed E-state index contributed by atoms with van der Waals surface area (Å²) in [5.74, 6) is 0.599. The van der Waals surface area contributed by atoms with Gasteiger partial charge in [-0.25, -0.2) is 4.79 Å². The van der Waals surface area contributed by atoms with Gasteiger partial charge in [-0.2, -0.15) is 0 Å². The van der Waals surface area contributed by atoms with Crippen LogP contribution in [0, 0.1) is 0 Å². The third-order valence-electron chi connectivity index (χ3n) is 6.51. The van der Waals surface area contributed by atoms with E-state index in [-0.39, 0.29) is 10.6 Å². The maximum absolute atomic E-state index is 12.5. The fraction of sp³-hybridized carbons (Fsp3) is 0.276. The van der Waals surface area contributed by atoms with Crippen LogP contribution in [0.4, 0.5) is 0 Å². The molecule has 2 aromatic carbocycles. The van der Waals surface area contributed by atoms with Gasteiger partial charge < -0.3 is 14.6 Å². The van der Waals surface area contributed by atoms with Crippen molar-refractivity contribution in [2.45, 2.75) is 51.2 Å². The van der Waals surface area contributed by atoms with Crippen LogP contribution in [-0.2, 0) is 16.1 Å². The number of benzene rings is 2. The number of carbonyl (C=O) groups is 1. The average molecular weight is 486 g/mol. The zero-order chi connectivity index (χ0) is 24.5. The second-order valence-electron chi connectivity index (χ2n) is 9.37. The molecule has 2 aliphatic rings. The van der Waals surface area contributed by atoms with Crippen molar-refractivity contribution in [1.29, 1.82) is 0 Å². The highest BCUT2D eigenvalue weighted by molar-refractivity contribution is 7.82. The van der Waals surface area contributed by atoms with Crippen molar-refractivity contribution in [3.05, 3.63) is 101 Å². The number of rotatable bonds is 7. The summed E-state index contributed by atoms with van der Waals surface area (Å²) in [7, 11) is 0. The van der Waals surface area contributed by atoms with Crippen molar-refractivity contribution < 1.29 is 19.4 Å². The number of hydrogen-bond donors (Lipinski definition) is 1. The largest absolute Gasteiger partial charge is 0.506 e. The van der Waals surface area contributed by atoms with E-state index in [0.29, 0.717) is 29.8 Å². The SMILES string of the molecule is CC(C)c1ccc(C2CC2)c(C2=C(O)C(=S)C(=O)OC2c2ccc(OCc3cccnc3)cc2)c1. The maximum atomic E-state index is 12.5. The molecule has 1 aliphatic carbocycles. The van der Waals surface area contributed by atoms with E-state index in [4.69, 9.17) is 21.7 Å². The second kappa shape index (κ2) is 9.62. The van der Waals surface area contributed by atoms with Gasteiger partial charge in [-0.05, 0) is 65.1 Å². The lowest BCUT2D eigenvalue weighted by atomic mass is 9.85. The molecule has 0 spiro atoms. The molecule has 6 heteroatoms. The average Bonchev–Trinajstić information content (AvgIpc) is 3.72. The molecule has 1 fully saturated rings. The van der Waals surface area contributed by atoms with E-state index in [1.54, 1.807) is 12.4 Å². The summed E-state index contributed by atoms with van der Waals surface area (Å²) in [5, 5.41) is 11.1. The van der Waals surface area contributed by atoms with Crippen molar-refractivity contribution in [3.8, 4) is 5.75 Å². The molecule has 1 aromatic heterocycles. The molecule has 1 aliphatic heterocycles. The van der Waals surface area contributed by atoms with E-state index in [1.165, 1.54) is 0 Å². The van der Waals surface area contributed by atoms with E-state index >= 15 is 0 Å². The fourth-order valence-corrected chi connectivity index (χ4v) is 4.53. The van der Waals surface area contributed by atoms with E-state index < -0.39 is 12.1 Å². The van der Waals surface area contributed by atoms with Gasteiger partial charge in [0.2, 0.25) is 0 Å². The minimum Gasteiger partial charge on any atom is -0.506 e. The predicted octanol–water partition coefficient (Wildman–Crippen LogP) is 6.60. The minimum atomic E-state index is -0.763. The highest BCUT2D eigenvalue weighted by Crippen LogP contribution is 2.48. The fourth-order valence-electron chi connectivity index (χ4n) is 4.37. The molecule has 1 saturated carbocycles. The first-order valence-corrected chi connectivity index (χ1v) is 12.3. The molecule has 3 aromatic rings. The normalized spacial score (nSPS) is 18.1. The summed E-state index contributed by atoms with van der Waals surface area (Å²) in [5.41, 5.74) is 5.51. The van der Waals surface area contributed by atoms with Gasteiger partial charge >= 0.3 is 5.97 Å². The first-order valence-electron chi connectivity index (χ1n) is 11.9. The number of hydrogen-bond acceptors (Lipinski definition) is 6. The summed E-state index contributed by atoms with van der Waals surface area (Å²) in [6, 6.07) is 17.6. The van der Waals surface area contributed by atoms with Crippen molar-refractivity contribution >= 4 is 28.6 Å².